The molecule has 1 spiro atoms. The minimum atomic E-state index is -0.396. The Bertz CT molecular complexity index is 1020. The van der Waals surface area contributed by atoms with Crippen LogP contribution >= 0.6 is 11.6 Å². The van der Waals surface area contributed by atoms with Crippen molar-refractivity contribution in [1.82, 2.24) is 9.80 Å². The van der Waals surface area contributed by atoms with Crippen LogP contribution in [0.2, 0.25) is 5.02 Å². The van der Waals surface area contributed by atoms with E-state index in [1.807, 2.05) is 34.1 Å². The van der Waals surface area contributed by atoms with Crippen LogP contribution in [0.3, 0.4) is 0 Å². The molecule has 32 heavy (non-hydrogen) atoms. The molecule has 2 aliphatic heterocycles. The van der Waals surface area contributed by atoms with Crippen molar-refractivity contribution in [3.05, 3.63) is 70.2 Å². The number of carbonyl (C=O) groups is 2. The first kappa shape index (κ1) is 21.5. The van der Waals surface area contributed by atoms with Gasteiger partial charge in [0.15, 0.2) is 0 Å². The summed E-state index contributed by atoms with van der Waals surface area (Å²) in [5.74, 6) is 0.893. The Kier molecular flexibility index (Phi) is 5.53. The van der Waals surface area contributed by atoms with E-state index in [4.69, 9.17) is 11.6 Å². The fourth-order valence-electron chi connectivity index (χ4n) is 5.63. The minimum Gasteiger partial charge on any atom is -0.342 e. The van der Waals surface area contributed by atoms with E-state index < -0.39 is 5.41 Å². The molecule has 2 amide bonds. The lowest BCUT2D eigenvalue weighted by molar-refractivity contribution is -0.150. The number of benzene rings is 2. The van der Waals surface area contributed by atoms with Gasteiger partial charge in [0.1, 0.15) is 0 Å². The molecular formula is C27H31ClN2O2. The summed E-state index contributed by atoms with van der Waals surface area (Å²) in [6, 6.07) is 16.5. The Labute approximate surface area is 195 Å². The molecule has 5 rings (SSSR count). The standard InChI is InChI=1S/C27H31ClN2O2/c1-18(2)30-17-21-6-4-3-5-20(21)16-27(26(30)32)11-13-29(14-12-27)25(31)24-15-23(24)19-7-9-22(28)10-8-19/h3-10,18,23-24H,11-17H2,1-2H3/t23-,24+/m0/s1. The fourth-order valence-corrected chi connectivity index (χ4v) is 5.75. The second-order valence-corrected chi connectivity index (χ2v) is 10.5. The molecule has 5 heteroatoms. The number of hydrogen-bond acceptors (Lipinski definition) is 2. The van der Waals surface area contributed by atoms with Crippen LogP contribution in [-0.2, 0) is 22.6 Å². The first-order valence-corrected chi connectivity index (χ1v) is 12.2. The number of carbonyl (C=O) groups excluding carboxylic acids is 2. The van der Waals surface area contributed by atoms with Gasteiger partial charge in [0.2, 0.25) is 11.8 Å². The number of hydrogen-bond donors (Lipinski definition) is 0. The van der Waals surface area contributed by atoms with Crippen LogP contribution < -0.4 is 0 Å². The summed E-state index contributed by atoms with van der Waals surface area (Å²) in [5.41, 5.74) is 3.35. The summed E-state index contributed by atoms with van der Waals surface area (Å²) >= 11 is 6.01. The van der Waals surface area contributed by atoms with E-state index in [0.717, 1.165) is 30.7 Å². The van der Waals surface area contributed by atoms with Crippen molar-refractivity contribution in [2.45, 2.75) is 58.0 Å². The minimum absolute atomic E-state index is 0.0722. The summed E-state index contributed by atoms with van der Waals surface area (Å²) < 4.78 is 0. The molecule has 2 heterocycles. The highest BCUT2D eigenvalue weighted by Crippen LogP contribution is 2.49. The van der Waals surface area contributed by atoms with Gasteiger partial charge < -0.3 is 9.80 Å². The van der Waals surface area contributed by atoms with E-state index in [9.17, 15) is 9.59 Å². The van der Waals surface area contributed by atoms with Crippen LogP contribution in [0.4, 0.5) is 0 Å². The van der Waals surface area contributed by atoms with Gasteiger partial charge in [0.05, 0.1) is 5.41 Å². The van der Waals surface area contributed by atoms with Crippen LogP contribution in [0.1, 0.15) is 55.7 Å². The maximum absolute atomic E-state index is 13.7. The molecule has 0 bridgehead atoms. The van der Waals surface area contributed by atoms with Crippen molar-refractivity contribution in [1.29, 1.82) is 0 Å². The summed E-state index contributed by atoms with van der Waals surface area (Å²) in [6.07, 6.45) is 3.18. The lowest BCUT2D eigenvalue weighted by Gasteiger charge is -2.43. The van der Waals surface area contributed by atoms with Gasteiger partial charge in [0, 0.05) is 36.6 Å². The van der Waals surface area contributed by atoms with E-state index in [1.165, 1.54) is 16.7 Å². The molecule has 0 radical (unpaired) electrons. The third-order valence-electron chi connectivity index (χ3n) is 7.76. The number of piperidine rings is 1. The first-order valence-electron chi connectivity index (χ1n) is 11.8. The molecule has 2 atom stereocenters. The second-order valence-electron chi connectivity index (χ2n) is 10.1. The van der Waals surface area contributed by atoms with E-state index >= 15 is 0 Å². The molecule has 0 aromatic heterocycles. The molecule has 1 saturated heterocycles. The molecule has 4 nitrogen and oxygen atoms in total. The molecule has 2 aromatic rings. The zero-order valence-corrected chi connectivity index (χ0v) is 19.6. The van der Waals surface area contributed by atoms with E-state index in [1.54, 1.807) is 0 Å². The van der Waals surface area contributed by atoms with Gasteiger partial charge in [-0.1, -0.05) is 48.0 Å². The Morgan fingerprint density at radius 1 is 1.03 bits per heavy atom. The number of likely N-dealkylation sites (tertiary alicyclic amines) is 1. The number of nitrogens with zero attached hydrogens (tertiary/aromatic N) is 2. The van der Waals surface area contributed by atoms with E-state index in [2.05, 4.69) is 38.1 Å². The molecule has 0 N–H and O–H groups in total. The monoisotopic (exact) mass is 450 g/mol. The molecule has 3 aliphatic rings. The highest BCUT2D eigenvalue weighted by molar-refractivity contribution is 6.30. The quantitative estimate of drug-likeness (QED) is 0.656. The third-order valence-corrected chi connectivity index (χ3v) is 8.02. The average Bonchev–Trinajstić information content (AvgIpc) is 3.60. The summed E-state index contributed by atoms with van der Waals surface area (Å²) in [4.78, 5) is 31.0. The zero-order chi connectivity index (χ0) is 22.5. The Morgan fingerprint density at radius 2 is 1.69 bits per heavy atom. The number of fused-ring (bicyclic) bond motifs is 1. The van der Waals surface area contributed by atoms with Crippen molar-refractivity contribution in [3.63, 3.8) is 0 Å². The van der Waals surface area contributed by atoms with Crippen LogP contribution in [0.5, 0.6) is 0 Å². The summed E-state index contributed by atoms with van der Waals surface area (Å²) in [7, 11) is 0. The van der Waals surface area contributed by atoms with Gasteiger partial charge in [-0.2, -0.15) is 0 Å². The molecule has 168 valence electrons. The van der Waals surface area contributed by atoms with Crippen LogP contribution in [-0.4, -0.2) is 40.7 Å². The van der Waals surface area contributed by atoms with Crippen molar-refractivity contribution >= 4 is 23.4 Å². The summed E-state index contributed by atoms with van der Waals surface area (Å²) in [6.45, 7) is 6.22. The number of amides is 2. The van der Waals surface area contributed by atoms with Gasteiger partial charge in [-0.25, -0.2) is 0 Å². The Balaban J connectivity index is 1.30. The number of halogens is 1. The third kappa shape index (κ3) is 3.83. The lowest BCUT2D eigenvalue weighted by atomic mass is 9.72. The largest absolute Gasteiger partial charge is 0.342 e. The normalized spacial score (nSPS) is 24.4. The molecule has 1 saturated carbocycles. The highest BCUT2D eigenvalue weighted by Gasteiger charge is 2.50. The smallest absolute Gasteiger partial charge is 0.229 e. The Morgan fingerprint density at radius 3 is 2.34 bits per heavy atom. The van der Waals surface area contributed by atoms with Crippen molar-refractivity contribution < 1.29 is 9.59 Å². The van der Waals surface area contributed by atoms with Crippen molar-refractivity contribution in [2.24, 2.45) is 11.3 Å². The Hall–Kier alpha value is -2.33. The van der Waals surface area contributed by atoms with Crippen LogP contribution in [0, 0.1) is 11.3 Å². The zero-order valence-electron chi connectivity index (χ0n) is 18.9. The van der Waals surface area contributed by atoms with Crippen LogP contribution in [0.25, 0.3) is 0 Å². The predicted octanol–water partition coefficient (Wildman–Crippen LogP) is 5.05. The van der Waals surface area contributed by atoms with Gasteiger partial charge in [0.25, 0.3) is 0 Å². The topological polar surface area (TPSA) is 40.6 Å². The molecule has 2 fully saturated rings. The molecule has 0 unspecified atom stereocenters. The average molecular weight is 451 g/mol. The number of rotatable bonds is 3. The van der Waals surface area contributed by atoms with Crippen LogP contribution in [0.15, 0.2) is 48.5 Å². The van der Waals surface area contributed by atoms with Crippen molar-refractivity contribution in [2.75, 3.05) is 13.1 Å². The van der Waals surface area contributed by atoms with Gasteiger partial charge in [-0.15, -0.1) is 0 Å². The molecule has 1 aliphatic carbocycles. The first-order chi connectivity index (χ1) is 15.4. The molecule has 2 aromatic carbocycles. The predicted molar refractivity (Wildman–Crippen MR) is 126 cm³/mol. The van der Waals surface area contributed by atoms with E-state index in [-0.39, 0.29) is 23.8 Å². The lowest BCUT2D eigenvalue weighted by Crippen LogP contribution is -2.52. The van der Waals surface area contributed by atoms with Gasteiger partial charge in [-0.3, -0.25) is 9.59 Å². The van der Waals surface area contributed by atoms with Gasteiger partial charge >= 0.3 is 0 Å². The highest BCUT2D eigenvalue weighted by atomic mass is 35.5. The van der Waals surface area contributed by atoms with Gasteiger partial charge in [-0.05, 0) is 74.3 Å². The SMILES string of the molecule is CC(C)N1Cc2ccccc2CC2(CCN(C(=O)[C@@H]3C[C@H]3c3ccc(Cl)cc3)CC2)C1=O. The maximum Gasteiger partial charge on any atom is 0.229 e. The summed E-state index contributed by atoms with van der Waals surface area (Å²) in [5, 5.41) is 0.726. The second kappa shape index (κ2) is 8.22. The van der Waals surface area contributed by atoms with E-state index in [0.29, 0.717) is 25.6 Å². The maximum atomic E-state index is 13.7. The molecular weight excluding hydrogens is 420 g/mol. The van der Waals surface area contributed by atoms with Crippen molar-refractivity contribution in [3.8, 4) is 0 Å². The fraction of sp³-hybridized carbons (Fsp3) is 0.481.